The monoisotopic (exact) mass is 394 g/mol. The Morgan fingerprint density at radius 2 is 2.05 bits per heavy atom. The molecule has 0 spiro atoms. The predicted molar refractivity (Wildman–Crippen MR) is 88.9 cm³/mol. The van der Waals surface area contributed by atoms with Crippen LogP contribution in [0.15, 0.2) is 65.1 Å². The molecule has 0 unspecified atom stereocenters. The SMILES string of the molecule is Oc1ccc(N=NC2=IN(O)C=CC=C2)c2cccnc12. The van der Waals surface area contributed by atoms with Crippen LogP contribution >= 0.6 is 21.0 Å². The van der Waals surface area contributed by atoms with E-state index in [0.717, 1.165) is 12.3 Å². The number of phenolic OH excluding ortho intramolecular Hbond substituents is 1. The highest BCUT2D eigenvalue weighted by Crippen LogP contribution is 2.31. The van der Waals surface area contributed by atoms with Crippen LogP contribution in [0.5, 0.6) is 5.75 Å². The van der Waals surface area contributed by atoms with Crippen LogP contribution in [0.25, 0.3) is 10.9 Å². The van der Waals surface area contributed by atoms with E-state index < -0.39 is 21.0 Å². The minimum Gasteiger partial charge on any atom is -0.506 e. The summed E-state index contributed by atoms with van der Waals surface area (Å²) in [6.07, 6.45) is 8.58. The van der Waals surface area contributed by atoms with E-state index in [1.54, 1.807) is 42.7 Å². The summed E-state index contributed by atoms with van der Waals surface area (Å²) in [7, 11) is 0. The van der Waals surface area contributed by atoms with Crippen molar-refractivity contribution in [2.45, 2.75) is 0 Å². The van der Waals surface area contributed by atoms with Gasteiger partial charge in [0, 0.05) is 17.8 Å². The third kappa shape index (κ3) is 3.14. The summed E-state index contributed by atoms with van der Waals surface area (Å²) < 4.78 is 1.87. The third-order valence-corrected chi connectivity index (χ3v) is 4.59. The summed E-state index contributed by atoms with van der Waals surface area (Å²) in [5.74, 6) is 0.115. The maximum Gasteiger partial charge on any atom is 0.141 e. The number of hydrogen-bond acceptors (Lipinski definition) is 6. The smallest absolute Gasteiger partial charge is 0.141 e. The number of benzene rings is 1. The molecule has 2 N–H and O–H groups in total. The summed E-state index contributed by atoms with van der Waals surface area (Å²) in [5, 5.41) is 28.5. The van der Waals surface area contributed by atoms with Gasteiger partial charge in [-0.05, 0) is 36.4 Å². The maximum atomic E-state index is 9.79. The quantitative estimate of drug-likeness (QED) is 0.461. The van der Waals surface area contributed by atoms with Crippen molar-refractivity contribution >= 4 is 41.2 Å². The van der Waals surface area contributed by atoms with Gasteiger partial charge in [0.2, 0.25) is 0 Å². The molecule has 1 aromatic heterocycles. The molecule has 106 valence electrons. The van der Waals surface area contributed by atoms with Gasteiger partial charge in [-0.3, -0.25) is 10.2 Å². The number of rotatable bonds is 2. The molecule has 1 aliphatic heterocycles. The number of nitrogens with zero attached hydrogens (tertiary/aromatic N) is 4. The Kier molecular flexibility index (Phi) is 4.02. The summed E-state index contributed by atoms with van der Waals surface area (Å²) in [6.45, 7) is 0. The zero-order valence-electron chi connectivity index (χ0n) is 10.8. The summed E-state index contributed by atoms with van der Waals surface area (Å²) in [5.41, 5.74) is 1.12. The van der Waals surface area contributed by atoms with Crippen LogP contribution in [-0.2, 0) is 0 Å². The molecule has 3 rings (SSSR count). The van der Waals surface area contributed by atoms with Gasteiger partial charge >= 0.3 is 0 Å². The first-order valence-corrected chi connectivity index (χ1v) is 8.12. The average molecular weight is 394 g/mol. The van der Waals surface area contributed by atoms with E-state index in [2.05, 4.69) is 15.2 Å². The summed E-state index contributed by atoms with van der Waals surface area (Å²) >= 11 is -0.784. The lowest BCUT2D eigenvalue weighted by Crippen LogP contribution is -1.95. The number of aromatic hydroxyl groups is 1. The molecule has 6 nitrogen and oxygen atoms in total. The van der Waals surface area contributed by atoms with E-state index in [1.165, 1.54) is 0 Å². The van der Waals surface area contributed by atoms with E-state index in [4.69, 9.17) is 0 Å². The van der Waals surface area contributed by atoms with Gasteiger partial charge in [-0.2, -0.15) is 0 Å². The molecule has 0 saturated heterocycles. The van der Waals surface area contributed by atoms with E-state index in [-0.39, 0.29) is 5.75 Å². The number of pyridine rings is 1. The van der Waals surface area contributed by atoms with Crippen molar-refractivity contribution in [3.8, 4) is 5.75 Å². The van der Waals surface area contributed by atoms with E-state index >= 15 is 0 Å². The average Bonchev–Trinajstić information content (AvgIpc) is 2.71. The number of hydrogen-bond donors (Lipinski definition) is 2. The second-order valence-electron chi connectivity index (χ2n) is 4.10. The first kappa shape index (κ1) is 13.8. The molecule has 0 bridgehead atoms. The van der Waals surface area contributed by atoms with Crippen LogP contribution in [0.3, 0.4) is 0 Å². The zero-order chi connectivity index (χ0) is 14.7. The van der Waals surface area contributed by atoms with Crippen LogP contribution in [0.1, 0.15) is 0 Å². The Bertz CT molecular complexity index is 799. The fourth-order valence-corrected chi connectivity index (χ4v) is 3.21. The lowest BCUT2D eigenvalue weighted by molar-refractivity contribution is 0.0928. The van der Waals surface area contributed by atoms with E-state index in [1.807, 2.05) is 12.1 Å². The lowest BCUT2D eigenvalue weighted by atomic mass is 10.2. The Labute approximate surface area is 130 Å². The fourth-order valence-electron chi connectivity index (χ4n) is 1.78. The highest BCUT2D eigenvalue weighted by molar-refractivity contribution is 14.2. The zero-order valence-corrected chi connectivity index (χ0v) is 12.9. The van der Waals surface area contributed by atoms with E-state index in [9.17, 15) is 10.3 Å². The number of halogens is 1. The molecular weight excluding hydrogens is 383 g/mol. The molecule has 2 heterocycles. The van der Waals surface area contributed by atoms with Gasteiger partial charge in [0.1, 0.15) is 14.9 Å². The highest BCUT2D eigenvalue weighted by Gasteiger charge is 2.05. The molecule has 2 aromatic rings. The largest absolute Gasteiger partial charge is 0.506 e. The first-order valence-electron chi connectivity index (χ1n) is 6.07. The second kappa shape index (κ2) is 6.10. The Morgan fingerprint density at radius 3 is 2.95 bits per heavy atom. The van der Waals surface area contributed by atoms with Gasteiger partial charge in [-0.25, -0.2) is 3.28 Å². The molecule has 0 amide bonds. The molecule has 1 aliphatic rings. The van der Waals surface area contributed by atoms with Gasteiger partial charge < -0.3 is 5.11 Å². The van der Waals surface area contributed by atoms with Gasteiger partial charge in [0.25, 0.3) is 0 Å². The van der Waals surface area contributed by atoms with Crippen LogP contribution in [0.2, 0.25) is 0 Å². The molecule has 0 atom stereocenters. The van der Waals surface area contributed by atoms with Crippen molar-refractivity contribution in [2.75, 3.05) is 0 Å². The molecule has 1 aromatic carbocycles. The van der Waals surface area contributed by atoms with Crippen molar-refractivity contribution in [1.29, 1.82) is 0 Å². The van der Waals surface area contributed by atoms with Crippen LogP contribution < -0.4 is 0 Å². The molecule has 0 fully saturated rings. The first-order chi connectivity index (χ1) is 10.2. The molecular formula is C14H11IN4O2. The predicted octanol–water partition coefficient (Wildman–Crippen LogP) is 3.81. The minimum atomic E-state index is -0.784. The van der Waals surface area contributed by atoms with Crippen LogP contribution in [-0.4, -0.2) is 22.2 Å². The Morgan fingerprint density at radius 1 is 1.14 bits per heavy atom. The number of aromatic nitrogens is 1. The van der Waals surface area contributed by atoms with Crippen molar-refractivity contribution < 1.29 is 10.3 Å². The number of allylic oxidation sites excluding steroid dienone is 2. The van der Waals surface area contributed by atoms with Gasteiger partial charge in [0.05, 0.1) is 26.7 Å². The molecule has 0 radical (unpaired) electrons. The third-order valence-electron chi connectivity index (χ3n) is 2.71. The topological polar surface area (TPSA) is 81.3 Å². The van der Waals surface area contributed by atoms with E-state index in [0.29, 0.717) is 11.2 Å². The van der Waals surface area contributed by atoms with Crippen molar-refractivity contribution in [3.05, 3.63) is 54.9 Å². The molecule has 21 heavy (non-hydrogen) atoms. The molecule has 7 heteroatoms. The Hall–Kier alpha value is -2.13. The fraction of sp³-hybridized carbons (Fsp3) is 0. The number of hydroxylamine groups is 1. The second-order valence-corrected chi connectivity index (χ2v) is 6.68. The Balaban J connectivity index is 1.99. The van der Waals surface area contributed by atoms with Crippen LogP contribution in [0.4, 0.5) is 5.69 Å². The number of azo groups is 1. The standard InChI is InChI=1S/C14H11IN4O2/c20-12-7-6-11(10-4-3-8-16-14(10)12)17-18-13-5-1-2-9-19(21)15-13/h1-9,20-21H. The summed E-state index contributed by atoms with van der Waals surface area (Å²) in [4.78, 5) is 4.14. The van der Waals surface area contributed by atoms with Gasteiger partial charge in [-0.1, -0.05) is 6.08 Å². The van der Waals surface area contributed by atoms with Gasteiger partial charge in [0.15, 0.2) is 0 Å². The number of fused-ring (bicyclic) bond motifs is 1. The van der Waals surface area contributed by atoms with Crippen LogP contribution in [0, 0.1) is 0 Å². The van der Waals surface area contributed by atoms with Crippen molar-refractivity contribution in [3.63, 3.8) is 0 Å². The van der Waals surface area contributed by atoms with Crippen molar-refractivity contribution in [1.82, 2.24) is 8.26 Å². The highest BCUT2D eigenvalue weighted by atomic mass is 127. The van der Waals surface area contributed by atoms with Crippen molar-refractivity contribution in [2.24, 2.45) is 10.2 Å². The number of phenols is 1. The molecule has 0 aliphatic carbocycles. The minimum absolute atomic E-state index is 0.115. The molecule has 0 saturated carbocycles. The lowest BCUT2D eigenvalue weighted by Gasteiger charge is -2.03. The maximum absolute atomic E-state index is 9.79. The summed E-state index contributed by atoms with van der Waals surface area (Å²) in [6, 6.07) is 6.86. The van der Waals surface area contributed by atoms with Gasteiger partial charge in [-0.15, -0.1) is 10.2 Å². The normalized spacial score (nSPS) is 15.1.